The summed E-state index contributed by atoms with van der Waals surface area (Å²) in [5.74, 6) is 3.32. The van der Waals surface area contributed by atoms with Gasteiger partial charge in [-0.15, -0.1) is 0 Å². The number of para-hydroxylation sites is 3. The van der Waals surface area contributed by atoms with Gasteiger partial charge in [-0.1, -0.05) is 54.1 Å². The van der Waals surface area contributed by atoms with Crippen molar-refractivity contribution in [3.05, 3.63) is 118 Å². The molecule has 1 N–H and O–H groups in total. The number of nitrogens with zero attached hydrogens (tertiary/aromatic N) is 5. The van der Waals surface area contributed by atoms with Crippen LogP contribution >= 0.6 is 11.6 Å². The molecule has 1 aromatic heterocycles. The Bertz CT molecular complexity index is 1930. The maximum absolute atomic E-state index is 6.51. The van der Waals surface area contributed by atoms with Crippen molar-refractivity contribution in [1.29, 1.82) is 0 Å². The van der Waals surface area contributed by atoms with Crippen molar-refractivity contribution < 1.29 is 9.47 Å². The number of aliphatic imine (C=N–C) groups is 2. The lowest BCUT2D eigenvalue weighted by atomic mass is 9.93. The third kappa shape index (κ3) is 4.51. The van der Waals surface area contributed by atoms with E-state index in [9.17, 15) is 0 Å². The predicted octanol–water partition coefficient (Wildman–Crippen LogP) is 7.96. The molecule has 0 radical (unpaired) electrons. The Balaban J connectivity index is 1.49. The molecule has 0 amide bonds. The van der Waals surface area contributed by atoms with E-state index in [1.165, 1.54) is 0 Å². The van der Waals surface area contributed by atoms with Gasteiger partial charge in [0.2, 0.25) is 0 Å². The molecule has 8 nitrogen and oxygen atoms in total. The Hall–Kier alpha value is -5.08. The summed E-state index contributed by atoms with van der Waals surface area (Å²) in [5, 5.41) is 9.20. The van der Waals surface area contributed by atoms with Crippen molar-refractivity contribution >= 4 is 46.2 Å². The van der Waals surface area contributed by atoms with Crippen molar-refractivity contribution in [2.45, 2.75) is 19.9 Å². The van der Waals surface area contributed by atoms with Gasteiger partial charge in [0, 0.05) is 16.3 Å². The minimum absolute atomic E-state index is 0.296. The van der Waals surface area contributed by atoms with Crippen LogP contribution in [-0.4, -0.2) is 35.7 Å². The largest absolute Gasteiger partial charge is 0.493 e. The van der Waals surface area contributed by atoms with Gasteiger partial charge in [0.15, 0.2) is 29.0 Å². The lowest BCUT2D eigenvalue weighted by molar-refractivity contribution is 0.354. The van der Waals surface area contributed by atoms with Crippen LogP contribution < -0.4 is 19.7 Å². The van der Waals surface area contributed by atoms with E-state index in [1.54, 1.807) is 14.2 Å². The van der Waals surface area contributed by atoms with E-state index in [4.69, 9.17) is 36.2 Å². The van der Waals surface area contributed by atoms with Gasteiger partial charge in [0.05, 0.1) is 43.0 Å². The molecule has 0 fully saturated rings. The number of nitrogens with one attached hydrogen (secondary N) is 1. The molecule has 0 aliphatic carbocycles. The van der Waals surface area contributed by atoms with Crippen LogP contribution in [0.4, 0.5) is 22.9 Å². The van der Waals surface area contributed by atoms with Crippen LogP contribution in [0.5, 0.6) is 11.5 Å². The third-order valence-corrected chi connectivity index (χ3v) is 8.20. The molecule has 2 aliphatic heterocycles. The maximum Gasteiger partial charge on any atom is 0.179 e. The number of benzene rings is 4. The predicted molar refractivity (Wildman–Crippen MR) is 173 cm³/mol. The number of rotatable bonds is 5. The molecule has 0 saturated carbocycles. The van der Waals surface area contributed by atoms with E-state index in [1.807, 2.05) is 97.4 Å². The lowest BCUT2D eigenvalue weighted by Gasteiger charge is -2.40. The van der Waals surface area contributed by atoms with Gasteiger partial charge in [0.1, 0.15) is 0 Å². The molecule has 4 aromatic carbocycles. The molecule has 0 unspecified atom stereocenters. The van der Waals surface area contributed by atoms with E-state index < -0.39 is 0 Å². The molecule has 0 bridgehead atoms. The molecule has 43 heavy (non-hydrogen) atoms. The molecule has 0 spiro atoms. The second kappa shape index (κ2) is 10.6. The Morgan fingerprint density at radius 3 is 2.35 bits per heavy atom. The SMILES string of the molecule is COc1ccc([C@@H]2c3c(C)nn(-c4ccccc4)c3N=C3C(Nc4ccc(C)c(Cl)c4)=Nc4ccccc4N32)cc1OC. The van der Waals surface area contributed by atoms with Crippen LogP contribution in [-0.2, 0) is 0 Å². The number of fused-ring (bicyclic) bond motifs is 4. The van der Waals surface area contributed by atoms with Gasteiger partial charge in [-0.05, 0) is 73.5 Å². The zero-order chi connectivity index (χ0) is 29.7. The highest BCUT2D eigenvalue weighted by Gasteiger charge is 2.41. The van der Waals surface area contributed by atoms with E-state index in [-0.39, 0.29) is 6.04 Å². The molecular weight excluding hydrogens is 560 g/mol. The molecule has 3 heterocycles. The topological polar surface area (TPSA) is 76.3 Å². The number of halogens is 1. The normalized spacial score (nSPS) is 15.1. The molecular formula is C34H29ClN6O2. The summed E-state index contributed by atoms with van der Waals surface area (Å²) in [5.41, 5.74) is 7.36. The maximum atomic E-state index is 6.51. The van der Waals surface area contributed by atoms with Crippen molar-refractivity contribution in [2.24, 2.45) is 9.98 Å². The molecule has 1 atom stereocenters. The number of ether oxygens (including phenoxy) is 2. The Morgan fingerprint density at radius 2 is 1.58 bits per heavy atom. The summed E-state index contributed by atoms with van der Waals surface area (Å²) in [7, 11) is 3.29. The van der Waals surface area contributed by atoms with Gasteiger partial charge in [-0.3, -0.25) is 0 Å². The molecule has 2 aliphatic rings. The van der Waals surface area contributed by atoms with Crippen LogP contribution in [0.15, 0.2) is 101 Å². The second-order valence-corrected chi connectivity index (χ2v) is 10.8. The monoisotopic (exact) mass is 588 g/mol. The minimum atomic E-state index is -0.296. The van der Waals surface area contributed by atoms with Crippen LogP contribution in [0.25, 0.3) is 5.69 Å². The number of methoxy groups -OCH3 is 2. The number of aromatic nitrogens is 2. The summed E-state index contributed by atoms with van der Waals surface area (Å²) >= 11 is 6.51. The van der Waals surface area contributed by atoms with E-state index >= 15 is 0 Å². The quantitative estimate of drug-likeness (QED) is 0.225. The lowest BCUT2D eigenvalue weighted by Crippen LogP contribution is -2.46. The minimum Gasteiger partial charge on any atom is -0.493 e. The summed E-state index contributed by atoms with van der Waals surface area (Å²) < 4.78 is 13.2. The number of hydrogen-bond acceptors (Lipinski definition) is 7. The van der Waals surface area contributed by atoms with Crippen LogP contribution in [0.1, 0.15) is 28.4 Å². The van der Waals surface area contributed by atoms with Gasteiger partial charge in [0.25, 0.3) is 0 Å². The van der Waals surface area contributed by atoms with Crippen molar-refractivity contribution in [1.82, 2.24) is 9.78 Å². The van der Waals surface area contributed by atoms with Gasteiger partial charge in [-0.25, -0.2) is 14.7 Å². The average Bonchev–Trinajstić information content (AvgIpc) is 3.37. The summed E-state index contributed by atoms with van der Waals surface area (Å²) in [6.45, 7) is 4.01. The number of hydrogen-bond donors (Lipinski definition) is 1. The highest BCUT2D eigenvalue weighted by Crippen LogP contribution is 2.49. The van der Waals surface area contributed by atoms with E-state index in [0.29, 0.717) is 28.2 Å². The zero-order valence-corrected chi connectivity index (χ0v) is 24.9. The van der Waals surface area contributed by atoms with Crippen molar-refractivity contribution in [2.75, 3.05) is 24.4 Å². The first kappa shape index (κ1) is 26.8. The second-order valence-electron chi connectivity index (χ2n) is 10.4. The summed E-state index contributed by atoms with van der Waals surface area (Å²) in [4.78, 5) is 12.6. The van der Waals surface area contributed by atoms with Crippen molar-refractivity contribution in [3.63, 3.8) is 0 Å². The van der Waals surface area contributed by atoms with Crippen LogP contribution in [0.3, 0.4) is 0 Å². The summed E-state index contributed by atoms with van der Waals surface area (Å²) in [6.07, 6.45) is 0. The van der Waals surface area contributed by atoms with Crippen LogP contribution in [0, 0.1) is 13.8 Å². The van der Waals surface area contributed by atoms with Crippen LogP contribution in [0.2, 0.25) is 5.02 Å². The van der Waals surface area contributed by atoms with E-state index in [0.717, 1.165) is 51.0 Å². The molecule has 9 heteroatoms. The van der Waals surface area contributed by atoms with Gasteiger partial charge >= 0.3 is 0 Å². The first-order chi connectivity index (χ1) is 21.0. The molecule has 0 saturated heterocycles. The fraction of sp³-hybridized carbons (Fsp3) is 0.147. The fourth-order valence-electron chi connectivity index (χ4n) is 5.69. The first-order valence-electron chi connectivity index (χ1n) is 13.9. The molecule has 214 valence electrons. The van der Waals surface area contributed by atoms with Gasteiger partial charge in [-0.2, -0.15) is 5.10 Å². The fourth-order valence-corrected chi connectivity index (χ4v) is 5.87. The Morgan fingerprint density at radius 1 is 0.814 bits per heavy atom. The Labute approximate surface area is 254 Å². The highest BCUT2D eigenvalue weighted by molar-refractivity contribution is 6.51. The number of aryl methyl sites for hydroxylation is 2. The molecule has 5 aromatic rings. The Kier molecular flexibility index (Phi) is 6.63. The average molecular weight is 589 g/mol. The number of amidine groups is 2. The zero-order valence-electron chi connectivity index (χ0n) is 24.2. The standard InChI is InChI=1S/C34H29ClN6O2/c1-20-14-16-23(19-25(20)35)36-32-34-38-33-30(21(2)39-41(33)24-10-6-5-7-11-24)31(22-15-17-28(42-3)29(18-22)43-4)40(34)27-13-9-8-12-26(27)37-32/h5-19,31H,1-4H3,(H,36,37)/t31-/m1/s1. The highest BCUT2D eigenvalue weighted by atomic mass is 35.5. The van der Waals surface area contributed by atoms with E-state index in [2.05, 4.69) is 22.3 Å². The van der Waals surface area contributed by atoms with Crippen molar-refractivity contribution in [3.8, 4) is 17.2 Å². The number of anilines is 2. The smallest absolute Gasteiger partial charge is 0.179 e. The van der Waals surface area contributed by atoms with Gasteiger partial charge < -0.3 is 19.7 Å². The summed E-state index contributed by atoms with van der Waals surface area (Å²) in [6, 6.07) is 29.8. The first-order valence-corrected chi connectivity index (χ1v) is 14.3. The molecule has 7 rings (SSSR count). The third-order valence-electron chi connectivity index (χ3n) is 7.80.